The average Bonchev–Trinajstić information content (AvgIpc) is 3.13. The van der Waals surface area contributed by atoms with Crippen LogP contribution in [0.3, 0.4) is 0 Å². The van der Waals surface area contributed by atoms with E-state index in [1.807, 2.05) is 17.9 Å². The molecule has 11 heteroatoms. The molecule has 0 bridgehead atoms. The Morgan fingerprint density at radius 1 is 1.20 bits per heavy atom. The zero-order chi connectivity index (χ0) is 21.5. The number of aliphatic hydroxyl groups is 1. The summed E-state index contributed by atoms with van der Waals surface area (Å²) in [6.45, 7) is 2.78. The van der Waals surface area contributed by atoms with Crippen LogP contribution in [0.4, 0.5) is 14.5 Å². The van der Waals surface area contributed by atoms with Gasteiger partial charge in [0.15, 0.2) is 21.4 Å². The number of β-amino-alcohol motifs (C(OH)–C–C–N with tert-alkyl or cyclic N) is 1. The minimum atomic E-state index is -4.14. The van der Waals surface area contributed by atoms with Crippen molar-refractivity contribution in [3.05, 3.63) is 58.9 Å². The standard InChI is InChI=1S/C19H17F2N3O4S2/c1-11-2-12(24-7-13(25)8-24)4-14(3-11)28-17-5-16(21)18(6-15(17)20)30(26,27)9-19-22-10-23-29-19/h2-6,10,13,25H,7-9H2,1H3. The van der Waals surface area contributed by atoms with Crippen LogP contribution in [0.5, 0.6) is 11.5 Å². The van der Waals surface area contributed by atoms with Gasteiger partial charge in [0.25, 0.3) is 0 Å². The molecule has 1 saturated heterocycles. The molecule has 0 unspecified atom stereocenters. The summed E-state index contributed by atoms with van der Waals surface area (Å²) < 4.78 is 63.2. The SMILES string of the molecule is Cc1cc(Oc2cc(F)c(S(=O)(=O)Cc3ncns3)cc2F)cc(N2CC(O)C2)c1. The third kappa shape index (κ3) is 4.27. The lowest BCUT2D eigenvalue weighted by molar-refractivity contribution is 0.142. The first-order valence-electron chi connectivity index (χ1n) is 8.91. The van der Waals surface area contributed by atoms with Gasteiger partial charge in [0.05, 0.1) is 6.10 Å². The molecule has 2 heterocycles. The Bertz CT molecular complexity index is 1180. The molecule has 1 aliphatic rings. The summed E-state index contributed by atoms with van der Waals surface area (Å²) in [4.78, 5) is 4.93. The zero-order valence-corrected chi connectivity index (χ0v) is 17.4. The van der Waals surface area contributed by atoms with Crippen LogP contribution in [0, 0.1) is 18.6 Å². The van der Waals surface area contributed by atoms with E-state index in [0.717, 1.165) is 28.8 Å². The first-order valence-corrected chi connectivity index (χ1v) is 11.3. The Kier molecular flexibility index (Phi) is 5.43. The summed E-state index contributed by atoms with van der Waals surface area (Å²) in [5.74, 6) is -2.85. The van der Waals surface area contributed by atoms with Gasteiger partial charge in [-0.15, -0.1) is 0 Å². The molecule has 0 atom stereocenters. The van der Waals surface area contributed by atoms with Crippen LogP contribution >= 0.6 is 11.5 Å². The summed E-state index contributed by atoms with van der Waals surface area (Å²) in [5, 5.41) is 9.65. The molecule has 3 aromatic rings. The monoisotopic (exact) mass is 453 g/mol. The Balaban J connectivity index is 1.60. The number of hydrogen-bond acceptors (Lipinski definition) is 8. The van der Waals surface area contributed by atoms with Gasteiger partial charge in [0, 0.05) is 30.9 Å². The summed E-state index contributed by atoms with van der Waals surface area (Å²) in [6, 6.07) is 6.52. The molecule has 158 valence electrons. The van der Waals surface area contributed by atoms with E-state index in [9.17, 15) is 22.3 Å². The fourth-order valence-corrected chi connectivity index (χ4v) is 5.27. The van der Waals surface area contributed by atoms with Gasteiger partial charge < -0.3 is 14.7 Å². The molecule has 1 aromatic heterocycles. The molecule has 2 aromatic carbocycles. The largest absolute Gasteiger partial charge is 0.454 e. The molecule has 0 saturated carbocycles. The molecule has 0 aliphatic carbocycles. The first-order chi connectivity index (χ1) is 14.2. The molecular formula is C19H17F2N3O4S2. The summed E-state index contributed by atoms with van der Waals surface area (Å²) in [6.07, 6.45) is 0.802. The second-order valence-corrected chi connectivity index (χ2v) is 9.79. The Labute approximate surface area is 175 Å². The predicted octanol–water partition coefficient (Wildman–Crippen LogP) is 3.07. The van der Waals surface area contributed by atoms with Gasteiger partial charge in [0.1, 0.15) is 33.6 Å². The van der Waals surface area contributed by atoms with E-state index < -0.39 is 44.0 Å². The topological polar surface area (TPSA) is 92.6 Å². The second-order valence-electron chi connectivity index (χ2n) is 6.97. The maximum atomic E-state index is 14.6. The van der Waals surface area contributed by atoms with Gasteiger partial charge >= 0.3 is 0 Å². The maximum absolute atomic E-state index is 14.6. The van der Waals surface area contributed by atoms with E-state index in [4.69, 9.17) is 4.74 Å². The lowest BCUT2D eigenvalue weighted by atomic mass is 10.1. The van der Waals surface area contributed by atoms with Gasteiger partial charge in [-0.25, -0.2) is 22.2 Å². The summed E-state index contributed by atoms with van der Waals surface area (Å²) >= 11 is 0.870. The van der Waals surface area contributed by atoms with E-state index in [1.54, 1.807) is 12.1 Å². The Morgan fingerprint density at radius 2 is 1.97 bits per heavy atom. The van der Waals surface area contributed by atoms with Crippen molar-refractivity contribution in [3.8, 4) is 11.5 Å². The van der Waals surface area contributed by atoms with Gasteiger partial charge in [-0.05, 0) is 42.2 Å². The minimum absolute atomic E-state index is 0.179. The van der Waals surface area contributed by atoms with Crippen molar-refractivity contribution < 1.29 is 27.0 Å². The number of rotatable bonds is 6. The Hall–Kier alpha value is -2.63. The molecule has 1 aliphatic heterocycles. The number of hydrogen-bond donors (Lipinski definition) is 1. The smallest absolute Gasteiger partial charge is 0.187 e. The van der Waals surface area contributed by atoms with Crippen LogP contribution in [-0.4, -0.2) is 42.1 Å². The highest BCUT2D eigenvalue weighted by Gasteiger charge is 2.26. The summed E-state index contributed by atoms with van der Waals surface area (Å²) in [7, 11) is -4.14. The van der Waals surface area contributed by atoms with Crippen LogP contribution < -0.4 is 9.64 Å². The van der Waals surface area contributed by atoms with Gasteiger partial charge in [-0.3, -0.25) is 0 Å². The van der Waals surface area contributed by atoms with Crippen molar-refractivity contribution in [3.63, 3.8) is 0 Å². The number of halogens is 2. The predicted molar refractivity (Wildman–Crippen MR) is 107 cm³/mol. The molecule has 7 nitrogen and oxygen atoms in total. The number of nitrogens with zero attached hydrogens (tertiary/aromatic N) is 3. The second kappa shape index (κ2) is 7.89. The first kappa shape index (κ1) is 20.6. The quantitative estimate of drug-likeness (QED) is 0.613. The van der Waals surface area contributed by atoms with Crippen molar-refractivity contribution in [1.29, 1.82) is 0 Å². The molecule has 1 N–H and O–H groups in total. The zero-order valence-electron chi connectivity index (χ0n) is 15.7. The number of benzene rings is 2. The average molecular weight is 453 g/mol. The highest BCUT2D eigenvalue weighted by molar-refractivity contribution is 7.90. The third-order valence-electron chi connectivity index (χ3n) is 4.53. The van der Waals surface area contributed by atoms with E-state index in [-0.39, 0.29) is 10.8 Å². The van der Waals surface area contributed by atoms with Crippen molar-refractivity contribution in [1.82, 2.24) is 9.36 Å². The number of sulfone groups is 1. The van der Waals surface area contributed by atoms with Gasteiger partial charge in [-0.1, -0.05) is 0 Å². The fourth-order valence-electron chi connectivity index (χ4n) is 3.09. The van der Waals surface area contributed by atoms with Crippen molar-refractivity contribution in [2.75, 3.05) is 18.0 Å². The highest BCUT2D eigenvalue weighted by Crippen LogP contribution is 2.33. The fraction of sp³-hybridized carbons (Fsp3) is 0.263. The molecular weight excluding hydrogens is 436 g/mol. The summed E-state index contributed by atoms with van der Waals surface area (Å²) in [5.41, 5.74) is 1.62. The minimum Gasteiger partial charge on any atom is -0.454 e. The molecule has 0 radical (unpaired) electrons. The number of aliphatic hydroxyl groups excluding tert-OH is 1. The van der Waals surface area contributed by atoms with Crippen LogP contribution in [0.25, 0.3) is 0 Å². The van der Waals surface area contributed by atoms with Crippen LogP contribution in [0.2, 0.25) is 0 Å². The maximum Gasteiger partial charge on any atom is 0.187 e. The van der Waals surface area contributed by atoms with Crippen molar-refractivity contribution in [2.45, 2.75) is 23.7 Å². The molecule has 1 fully saturated rings. The number of aryl methyl sites for hydroxylation is 1. The van der Waals surface area contributed by atoms with Crippen LogP contribution in [-0.2, 0) is 15.6 Å². The van der Waals surface area contributed by atoms with Crippen LogP contribution in [0.1, 0.15) is 10.6 Å². The third-order valence-corrected chi connectivity index (χ3v) is 7.01. The lowest BCUT2D eigenvalue weighted by Gasteiger charge is -2.38. The lowest BCUT2D eigenvalue weighted by Crippen LogP contribution is -2.50. The van der Waals surface area contributed by atoms with Crippen molar-refractivity contribution in [2.24, 2.45) is 0 Å². The van der Waals surface area contributed by atoms with Gasteiger partial charge in [0.2, 0.25) is 0 Å². The van der Waals surface area contributed by atoms with Crippen LogP contribution in [0.15, 0.2) is 41.6 Å². The molecule has 4 rings (SSSR count). The molecule has 0 spiro atoms. The van der Waals surface area contributed by atoms with E-state index in [1.165, 1.54) is 6.33 Å². The van der Waals surface area contributed by atoms with E-state index >= 15 is 0 Å². The van der Waals surface area contributed by atoms with Crippen molar-refractivity contribution >= 4 is 27.1 Å². The normalized spacial score (nSPS) is 14.6. The molecule has 0 amide bonds. The van der Waals surface area contributed by atoms with Gasteiger partial charge in [-0.2, -0.15) is 4.37 Å². The molecule has 30 heavy (non-hydrogen) atoms. The van der Waals surface area contributed by atoms with E-state index in [0.29, 0.717) is 19.2 Å². The Morgan fingerprint density at radius 3 is 2.63 bits per heavy atom. The highest BCUT2D eigenvalue weighted by atomic mass is 32.2. The number of ether oxygens (including phenoxy) is 1. The van der Waals surface area contributed by atoms with E-state index in [2.05, 4.69) is 9.36 Å². The number of aromatic nitrogens is 2. The number of anilines is 1.